The molecule has 0 amide bonds. The largest absolute Gasteiger partial charge is 0.388 e. The van der Waals surface area contributed by atoms with Crippen LogP contribution >= 0.6 is 11.6 Å². The molecule has 1 aliphatic rings. The summed E-state index contributed by atoms with van der Waals surface area (Å²) in [6.45, 7) is 0. The SMILES string of the molecule is OC(c1cc(F)c(Cl)cc1F)C1CCCC1. The highest BCUT2D eigenvalue weighted by molar-refractivity contribution is 6.30. The Kier molecular flexibility index (Phi) is 3.45. The molecule has 0 spiro atoms. The van der Waals surface area contributed by atoms with Gasteiger partial charge in [0.25, 0.3) is 0 Å². The molecule has 1 aromatic rings. The molecule has 1 fully saturated rings. The Morgan fingerprint density at radius 1 is 1.19 bits per heavy atom. The topological polar surface area (TPSA) is 20.2 Å². The number of rotatable bonds is 2. The highest BCUT2D eigenvalue weighted by Gasteiger charge is 2.27. The quantitative estimate of drug-likeness (QED) is 0.786. The molecule has 1 atom stereocenters. The van der Waals surface area contributed by atoms with Crippen molar-refractivity contribution in [1.29, 1.82) is 0 Å². The van der Waals surface area contributed by atoms with Crippen LogP contribution in [0.25, 0.3) is 0 Å². The summed E-state index contributed by atoms with van der Waals surface area (Å²) in [7, 11) is 0. The van der Waals surface area contributed by atoms with Crippen LogP contribution in [0.15, 0.2) is 12.1 Å². The van der Waals surface area contributed by atoms with Gasteiger partial charge in [-0.05, 0) is 30.9 Å². The van der Waals surface area contributed by atoms with E-state index in [1.807, 2.05) is 0 Å². The van der Waals surface area contributed by atoms with Crippen molar-refractivity contribution in [3.05, 3.63) is 34.4 Å². The van der Waals surface area contributed by atoms with Crippen LogP contribution in [-0.2, 0) is 0 Å². The van der Waals surface area contributed by atoms with Crippen molar-refractivity contribution < 1.29 is 13.9 Å². The predicted molar refractivity (Wildman–Crippen MR) is 58.3 cm³/mol. The lowest BCUT2D eigenvalue weighted by Gasteiger charge is -2.18. The standard InChI is InChI=1S/C12H13ClF2O/c13-9-6-10(14)8(5-11(9)15)12(16)7-3-1-2-4-7/h5-7,12,16H,1-4H2. The van der Waals surface area contributed by atoms with E-state index in [9.17, 15) is 13.9 Å². The summed E-state index contributed by atoms with van der Waals surface area (Å²) in [5.74, 6) is -1.28. The van der Waals surface area contributed by atoms with Gasteiger partial charge in [0, 0.05) is 5.56 Å². The summed E-state index contributed by atoms with van der Waals surface area (Å²) < 4.78 is 26.7. The second-order valence-electron chi connectivity index (χ2n) is 4.28. The summed E-state index contributed by atoms with van der Waals surface area (Å²) in [6, 6.07) is 1.92. The third-order valence-corrected chi connectivity index (χ3v) is 3.49. The van der Waals surface area contributed by atoms with Gasteiger partial charge in [-0.2, -0.15) is 0 Å². The number of aliphatic hydroxyl groups is 1. The van der Waals surface area contributed by atoms with Gasteiger partial charge in [-0.3, -0.25) is 0 Å². The molecule has 1 saturated carbocycles. The van der Waals surface area contributed by atoms with E-state index in [1.165, 1.54) is 0 Å². The van der Waals surface area contributed by atoms with Crippen LogP contribution in [0.3, 0.4) is 0 Å². The predicted octanol–water partition coefficient (Wildman–Crippen LogP) is 3.84. The van der Waals surface area contributed by atoms with Crippen LogP contribution in [0.4, 0.5) is 8.78 Å². The van der Waals surface area contributed by atoms with Gasteiger partial charge in [-0.1, -0.05) is 24.4 Å². The van der Waals surface area contributed by atoms with Crippen LogP contribution in [-0.4, -0.2) is 5.11 Å². The van der Waals surface area contributed by atoms with Crippen LogP contribution in [0.1, 0.15) is 37.4 Å². The first-order chi connectivity index (χ1) is 7.59. The molecule has 0 bridgehead atoms. The molecule has 0 saturated heterocycles. The molecule has 16 heavy (non-hydrogen) atoms. The Hall–Kier alpha value is -0.670. The van der Waals surface area contributed by atoms with Crippen molar-refractivity contribution in [3.8, 4) is 0 Å². The second-order valence-corrected chi connectivity index (χ2v) is 4.68. The Morgan fingerprint density at radius 3 is 2.44 bits per heavy atom. The molecule has 1 N–H and O–H groups in total. The first-order valence-corrected chi connectivity index (χ1v) is 5.80. The Labute approximate surface area is 98.0 Å². The van der Waals surface area contributed by atoms with Crippen molar-refractivity contribution in [2.24, 2.45) is 5.92 Å². The van der Waals surface area contributed by atoms with E-state index in [4.69, 9.17) is 11.6 Å². The van der Waals surface area contributed by atoms with E-state index in [0.717, 1.165) is 37.8 Å². The monoisotopic (exact) mass is 246 g/mol. The Morgan fingerprint density at radius 2 is 1.81 bits per heavy atom. The van der Waals surface area contributed by atoms with Gasteiger partial charge >= 0.3 is 0 Å². The molecular formula is C12H13ClF2O. The van der Waals surface area contributed by atoms with Crippen LogP contribution in [0.5, 0.6) is 0 Å². The maximum Gasteiger partial charge on any atom is 0.142 e. The molecule has 0 aliphatic heterocycles. The minimum absolute atomic E-state index is 0.0220. The summed E-state index contributed by atoms with van der Waals surface area (Å²) in [5.41, 5.74) is 0.0220. The van der Waals surface area contributed by atoms with E-state index in [-0.39, 0.29) is 16.5 Å². The fourth-order valence-electron chi connectivity index (χ4n) is 2.29. The molecule has 88 valence electrons. The molecule has 1 unspecified atom stereocenters. The van der Waals surface area contributed by atoms with Crippen molar-refractivity contribution in [2.45, 2.75) is 31.8 Å². The first-order valence-electron chi connectivity index (χ1n) is 5.42. The zero-order chi connectivity index (χ0) is 11.7. The summed E-state index contributed by atoms with van der Waals surface area (Å²) >= 11 is 5.45. The van der Waals surface area contributed by atoms with Crippen molar-refractivity contribution >= 4 is 11.6 Å². The fraction of sp³-hybridized carbons (Fsp3) is 0.500. The van der Waals surface area contributed by atoms with E-state index < -0.39 is 17.7 Å². The average Bonchev–Trinajstić information content (AvgIpc) is 2.75. The van der Waals surface area contributed by atoms with Crippen LogP contribution < -0.4 is 0 Å². The van der Waals surface area contributed by atoms with Gasteiger partial charge in [0.15, 0.2) is 0 Å². The maximum atomic E-state index is 13.5. The van der Waals surface area contributed by atoms with E-state index in [1.54, 1.807) is 0 Å². The average molecular weight is 247 g/mol. The lowest BCUT2D eigenvalue weighted by molar-refractivity contribution is 0.107. The smallest absolute Gasteiger partial charge is 0.142 e. The lowest BCUT2D eigenvalue weighted by Crippen LogP contribution is -2.11. The number of benzene rings is 1. The van der Waals surface area contributed by atoms with E-state index in [0.29, 0.717) is 0 Å². The van der Waals surface area contributed by atoms with Crippen molar-refractivity contribution in [1.82, 2.24) is 0 Å². The molecule has 2 rings (SSSR count). The van der Waals surface area contributed by atoms with Crippen LogP contribution in [0.2, 0.25) is 5.02 Å². The molecule has 0 heterocycles. The molecular weight excluding hydrogens is 234 g/mol. The number of aliphatic hydroxyl groups excluding tert-OH is 1. The lowest BCUT2D eigenvalue weighted by atomic mass is 9.94. The summed E-state index contributed by atoms with van der Waals surface area (Å²) in [5, 5.41) is 9.72. The van der Waals surface area contributed by atoms with E-state index in [2.05, 4.69) is 0 Å². The first kappa shape index (κ1) is 11.8. The van der Waals surface area contributed by atoms with Gasteiger partial charge in [0.2, 0.25) is 0 Å². The van der Waals surface area contributed by atoms with Gasteiger partial charge in [0.05, 0.1) is 11.1 Å². The fourth-order valence-corrected chi connectivity index (χ4v) is 2.44. The van der Waals surface area contributed by atoms with Crippen molar-refractivity contribution in [2.75, 3.05) is 0 Å². The molecule has 1 aliphatic carbocycles. The van der Waals surface area contributed by atoms with E-state index >= 15 is 0 Å². The summed E-state index contributed by atoms with van der Waals surface area (Å²) in [6.07, 6.45) is 2.89. The van der Waals surface area contributed by atoms with Gasteiger partial charge in [-0.15, -0.1) is 0 Å². The number of hydrogen-bond acceptors (Lipinski definition) is 1. The van der Waals surface area contributed by atoms with Crippen molar-refractivity contribution in [3.63, 3.8) is 0 Å². The highest BCUT2D eigenvalue weighted by Crippen LogP contribution is 2.37. The summed E-state index contributed by atoms with van der Waals surface area (Å²) in [4.78, 5) is 0. The minimum Gasteiger partial charge on any atom is -0.388 e. The highest BCUT2D eigenvalue weighted by atomic mass is 35.5. The van der Waals surface area contributed by atoms with Gasteiger partial charge in [0.1, 0.15) is 11.6 Å². The van der Waals surface area contributed by atoms with Gasteiger partial charge in [-0.25, -0.2) is 8.78 Å². The molecule has 1 nitrogen and oxygen atoms in total. The second kappa shape index (κ2) is 4.68. The number of halogens is 3. The molecule has 0 aromatic heterocycles. The normalized spacial score (nSPS) is 19.0. The molecule has 0 radical (unpaired) electrons. The Bertz CT molecular complexity index is 389. The number of hydrogen-bond donors (Lipinski definition) is 1. The Balaban J connectivity index is 2.28. The third-order valence-electron chi connectivity index (χ3n) is 3.20. The minimum atomic E-state index is -0.922. The van der Waals surface area contributed by atoms with Crippen LogP contribution in [0, 0.1) is 17.6 Å². The zero-order valence-corrected chi connectivity index (χ0v) is 9.47. The zero-order valence-electron chi connectivity index (χ0n) is 8.72. The van der Waals surface area contributed by atoms with Gasteiger partial charge < -0.3 is 5.11 Å². The maximum absolute atomic E-state index is 13.5. The molecule has 1 aromatic carbocycles. The molecule has 4 heteroatoms. The third kappa shape index (κ3) is 2.20.